The SMILES string of the molecule is c1ccc(-n2cccc2)nc1.c1ccc2ocnc2c1. The standard InChI is InChI=1S/C9H8N2.C7H5NO/c1-2-6-10-9(5-1)11-7-3-4-8-11;1-2-4-7-6(3-1)8-5-9-7/h1-8H;1-5H. The van der Waals surface area contributed by atoms with Gasteiger partial charge < -0.3 is 8.98 Å². The van der Waals surface area contributed by atoms with Crippen molar-refractivity contribution in [2.24, 2.45) is 0 Å². The van der Waals surface area contributed by atoms with Crippen LogP contribution in [0.4, 0.5) is 0 Å². The van der Waals surface area contributed by atoms with Crippen LogP contribution in [0.3, 0.4) is 0 Å². The fourth-order valence-electron chi connectivity index (χ4n) is 1.80. The molecule has 0 saturated heterocycles. The van der Waals surface area contributed by atoms with Crippen molar-refractivity contribution in [1.29, 1.82) is 0 Å². The topological polar surface area (TPSA) is 43.9 Å². The Morgan fingerprint density at radius 2 is 1.60 bits per heavy atom. The molecule has 0 aliphatic rings. The predicted octanol–water partition coefficient (Wildman–Crippen LogP) is 3.70. The number of nitrogens with zero attached hydrogens (tertiary/aromatic N) is 3. The van der Waals surface area contributed by atoms with E-state index in [0.29, 0.717) is 0 Å². The van der Waals surface area contributed by atoms with Gasteiger partial charge in [-0.15, -0.1) is 0 Å². The number of hydrogen-bond acceptors (Lipinski definition) is 3. The molecule has 0 saturated carbocycles. The predicted molar refractivity (Wildman–Crippen MR) is 77.6 cm³/mol. The number of fused-ring (bicyclic) bond motifs is 1. The van der Waals surface area contributed by atoms with Crippen molar-refractivity contribution in [3.63, 3.8) is 0 Å². The maximum atomic E-state index is 5.01. The van der Waals surface area contributed by atoms with Crippen molar-refractivity contribution >= 4 is 11.1 Å². The summed E-state index contributed by atoms with van der Waals surface area (Å²) in [5.41, 5.74) is 1.76. The van der Waals surface area contributed by atoms with Gasteiger partial charge in [0.25, 0.3) is 0 Å². The first-order valence-electron chi connectivity index (χ1n) is 6.26. The average Bonchev–Trinajstić information content (AvgIpc) is 3.20. The van der Waals surface area contributed by atoms with Crippen molar-refractivity contribution in [3.05, 3.63) is 79.6 Å². The summed E-state index contributed by atoms with van der Waals surface area (Å²) in [6.45, 7) is 0. The molecule has 0 spiro atoms. The maximum Gasteiger partial charge on any atom is 0.181 e. The molecule has 0 bridgehead atoms. The lowest BCUT2D eigenvalue weighted by atomic mass is 10.3. The largest absolute Gasteiger partial charge is 0.443 e. The minimum absolute atomic E-state index is 0.845. The molecule has 3 heterocycles. The van der Waals surface area contributed by atoms with E-state index in [9.17, 15) is 0 Å². The summed E-state index contributed by atoms with van der Waals surface area (Å²) >= 11 is 0. The molecular formula is C16H13N3O. The lowest BCUT2D eigenvalue weighted by Crippen LogP contribution is -1.91. The van der Waals surface area contributed by atoms with Crippen molar-refractivity contribution in [1.82, 2.24) is 14.5 Å². The maximum absolute atomic E-state index is 5.01. The van der Waals surface area contributed by atoms with E-state index < -0.39 is 0 Å². The van der Waals surface area contributed by atoms with Crippen LogP contribution >= 0.6 is 0 Å². The first-order valence-corrected chi connectivity index (χ1v) is 6.26. The van der Waals surface area contributed by atoms with Gasteiger partial charge in [-0.1, -0.05) is 18.2 Å². The summed E-state index contributed by atoms with van der Waals surface area (Å²) in [4.78, 5) is 8.14. The summed E-state index contributed by atoms with van der Waals surface area (Å²) in [5, 5.41) is 0. The highest BCUT2D eigenvalue weighted by atomic mass is 16.3. The number of benzene rings is 1. The molecule has 4 aromatic rings. The Kier molecular flexibility index (Phi) is 3.55. The Bertz CT molecular complexity index is 730. The summed E-state index contributed by atoms with van der Waals surface area (Å²) in [7, 11) is 0. The summed E-state index contributed by atoms with van der Waals surface area (Å²) in [6.07, 6.45) is 7.19. The Hall–Kier alpha value is -2.88. The number of aromatic nitrogens is 3. The van der Waals surface area contributed by atoms with E-state index in [0.717, 1.165) is 16.9 Å². The number of para-hydroxylation sites is 2. The summed E-state index contributed by atoms with van der Waals surface area (Å²) < 4.78 is 6.98. The van der Waals surface area contributed by atoms with Gasteiger partial charge in [0, 0.05) is 18.6 Å². The smallest absolute Gasteiger partial charge is 0.181 e. The second kappa shape index (κ2) is 5.84. The van der Waals surface area contributed by atoms with Crippen LogP contribution in [0.1, 0.15) is 0 Å². The lowest BCUT2D eigenvalue weighted by molar-refractivity contribution is 0.602. The molecular weight excluding hydrogens is 250 g/mol. The van der Waals surface area contributed by atoms with E-state index in [4.69, 9.17) is 4.42 Å². The van der Waals surface area contributed by atoms with Crippen LogP contribution in [0.15, 0.2) is 84.0 Å². The van der Waals surface area contributed by atoms with E-state index in [2.05, 4.69) is 9.97 Å². The molecule has 0 radical (unpaired) electrons. The van der Waals surface area contributed by atoms with Crippen molar-refractivity contribution in [2.45, 2.75) is 0 Å². The average molecular weight is 263 g/mol. The van der Waals surface area contributed by atoms with Crippen LogP contribution in [0, 0.1) is 0 Å². The van der Waals surface area contributed by atoms with Crippen LogP contribution in [-0.2, 0) is 0 Å². The van der Waals surface area contributed by atoms with Crippen molar-refractivity contribution < 1.29 is 4.42 Å². The van der Waals surface area contributed by atoms with Crippen molar-refractivity contribution in [3.8, 4) is 5.82 Å². The molecule has 0 N–H and O–H groups in total. The lowest BCUT2D eigenvalue weighted by Gasteiger charge is -1.98. The number of oxazole rings is 1. The molecule has 0 unspecified atom stereocenters. The fraction of sp³-hybridized carbons (Fsp3) is 0. The third-order valence-corrected chi connectivity index (χ3v) is 2.75. The third kappa shape index (κ3) is 2.75. The molecule has 3 aromatic heterocycles. The molecule has 4 heteroatoms. The zero-order valence-corrected chi connectivity index (χ0v) is 10.8. The van der Waals surface area contributed by atoms with Gasteiger partial charge in [0.1, 0.15) is 11.3 Å². The second-order valence-electron chi connectivity index (χ2n) is 4.10. The zero-order chi connectivity index (χ0) is 13.6. The van der Waals surface area contributed by atoms with Gasteiger partial charge in [-0.3, -0.25) is 0 Å². The second-order valence-corrected chi connectivity index (χ2v) is 4.10. The Labute approximate surface area is 116 Å². The molecule has 4 rings (SSSR count). The molecule has 0 fully saturated rings. The number of pyridine rings is 1. The minimum atomic E-state index is 0.845. The van der Waals surface area contributed by atoms with Gasteiger partial charge in [-0.2, -0.15) is 0 Å². The van der Waals surface area contributed by atoms with E-state index >= 15 is 0 Å². The molecule has 0 atom stereocenters. The van der Waals surface area contributed by atoms with Gasteiger partial charge >= 0.3 is 0 Å². The normalized spacial score (nSPS) is 10.0. The molecule has 20 heavy (non-hydrogen) atoms. The zero-order valence-electron chi connectivity index (χ0n) is 10.8. The van der Waals surface area contributed by atoms with Crippen LogP contribution in [0.25, 0.3) is 16.9 Å². The summed E-state index contributed by atoms with van der Waals surface area (Å²) in [5.74, 6) is 0.956. The number of rotatable bonds is 1. The quantitative estimate of drug-likeness (QED) is 0.526. The monoisotopic (exact) mass is 263 g/mol. The van der Waals surface area contributed by atoms with Crippen LogP contribution in [0.5, 0.6) is 0 Å². The Morgan fingerprint density at radius 3 is 2.35 bits per heavy atom. The molecule has 4 nitrogen and oxygen atoms in total. The van der Waals surface area contributed by atoms with E-state index in [1.54, 1.807) is 6.20 Å². The van der Waals surface area contributed by atoms with Gasteiger partial charge in [0.2, 0.25) is 0 Å². The summed E-state index contributed by atoms with van der Waals surface area (Å²) in [6, 6.07) is 17.5. The highest BCUT2D eigenvalue weighted by molar-refractivity contribution is 5.71. The minimum Gasteiger partial charge on any atom is -0.443 e. The van der Waals surface area contributed by atoms with Crippen LogP contribution in [0.2, 0.25) is 0 Å². The molecule has 0 amide bonds. The number of hydrogen-bond donors (Lipinski definition) is 0. The molecule has 0 aliphatic carbocycles. The van der Waals surface area contributed by atoms with E-state index in [-0.39, 0.29) is 0 Å². The molecule has 98 valence electrons. The first kappa shape index (κ1) is 12.2. The molecule has 1 aromatic carbocycles. The van der Waals surface area contributed by atoms with Crippen LogP contribution in [-0.4, -0.2) is 14.5 Å². The third-order valence-electron chi connectivity index (χ3n) is 2.75. The van der Waals surface area contributed by atoms with Crippen LogP contribution < -0.4 is 0 Å². The van der Waals surface area contributed by atoms with Gasteiger partial charge in [0.05, 0.1) is 0 Å². The fourth-order valence-corrected chi connectivity index (χ4v) is 1.80. The van der Waals surface area contributed by atoms with E-state index in [1.165, 1.54) is 6.39 Å². The Balaban J connectivity index is 0.000000123. The van der Waals surface area contributed by atoms with Crippen molar-refractivity contribution in [2.75, 3.05) is 0 Å². The highest BCUT2D eigenvalue weighted by Gasteiger charge is 1.91. The highest BCUT2D eigenvalue weighted by Crippen LogP contribution is 2.09. The van der Waals surface area contributed by atoms with Gasteiger partial charge in [-0.25, -0.2) is 9.97 Å². The van der Waals surface area contributed by atoms with Gasteiger partial charge in [0.15, 0.2) is 12.0 Å². The molecule has 0 aliphatic heterocycles. The first-order chi connectivity index (χ1) is 9.93. The Morgan fingerprint density at radius 1 is 0.800 bits per heavy atom. The van der Waals surface area contributed by atoms with Gasteiger partial charge in [-0.05, 0) is 36.4 Å². The van der Waals surface area contributed by atoms with E-state index in [1.807, 2.05) is 71.6 Å².